The molecular weight excluding hydrogens is 288 g/mol. The van der Waals surface area contributed by atoms with Crippen molar-refractivity contribution in [2.24, 2.45) is 0 Å². The Bertz CT molecular complexity index is 496. The summed E-state index contributed by atoms with van der Waals surface area (Å²) in [5, 5.41) is 6.65. The first kappa shape index (κ1) is 17.5. The first-order chi connectivity index (χ1) is 9.83. The summed E-state index contributed by atoms with van der Waals surface area (Å²) in [7, 11) is 0. The van der Waals surface area contributed by atoms with Gasteiger partial charge in [-0.2, -0.15) is 0 Å². The molecule has 1 amide bonds. The van der Waals surface area contributed by atoms with E-state index in [0.29, 0.717) is 23.9 Å². The molecule has 0 aromatic heterocycles. The van der Waals surface area contributed by atoms with Crippen molar-refractivity contribution >= 4 is 17.5 Å². The van der Waals surface area contributed by atoms with Crippen LogP contribution in [0.1, 0.15) is 26.3 Å². The molecule has 0 unspecified atom stereocenters. The lowest BCUT2D eigenvalue weighted by Gasteiger charge is -2.22. The quantitative estimate of drug-likeness (QED) is 0.761. The number of carbonyl (C=O) groups is 1. The fourth-order valence-corrected chi connectivity index (χ4v) is 1.81. The van der Waals surface area contributed by atoms with Gasteiger partial charge in [0, 0.05) is 29.2 Å². The fourth-order valence-electron chi connectivity index (χ4n) is 1.58. The maximum Gasteiger partial charge on any atom is 0.258 e. The number of hydrogen-bond donors (Lipinski definition) is 2. The SMILES string of the molecule is C=CCNC(=O)COc1cccc(Cl)c1CNC(C)(C)C. The highest BCUT2D eigenvalue weighted by Gasteiger charge is 2.14. The minimum atomic E-state index is -0.190. The molecule has 0 heterocycles. The number of amides is 1. The van der Waals surface area contributed by atoms with Crippen molar-refractivity contribution in [2.75, 3.05) is 13.2 Å². The second-order valence-corrected chi connectivity index (χ2v) is 6.11. The smallest absolute Gasteiger partial charge is 0.258 e. The van der Waals surface area contributed by atoms with Gasteiger partial charge < -0.3 is 15.4 Å². The Morgan fingerprint density at radius 1 is 1.43 bits per heavy atom. The van der Waals surface area contributed by atoms with Gasteiger partial charge in [0.2, 0.25) is 0 Å². The van der Waals surface area contributed by atoms with E-state index in [2.05, 4.69) is 38.0 Å². The van der Waals surface area contributed by atoms with Crippen molar-refractivity contribution in [3.8, 4) is 5.75 Å². The van der Waals surface area contributed by atoms with Crippen molar-refractivity contribution in [2.45, 2.75) is 32.9 Å². The van der Waals surface area contributed by atoms with Crippen LogP contribution in [0.15, 0.2) is 30.9 Å². The summed E-state index contributed by atoms with van der Waals surface area (Å²) >= 11 is 6.22. The Morgan fingerprint density at radius 2 is 2.14 bits per heavy atom. The number of hydrogen-bond acceptors (Lipinski definition) is 3. The molecule has 0 bridgehead atoms. The summed E-state index contributed by atoms with van der Waals surface area (Å²) < 4.78 is 5.57. The van der Waals surface area contributed by atoms with Crippen molar-refractivity contribution in [3.63, 3.8) is 0 Å². The van der Waals surface area contributed by atoms with E-state index in [1.807, 2.05) is 12.1 Å². The number of halogens is 1. The molecule has 0 atom stereocenters. The highest BCUT2D eigenvalue weighted by atomic mass is 35.5. The summed E-state index contributed by atoms with van der Waals surface area (Å²) in [6.07, 6.45) is 1.62. The molecule has 0 spiro atoms. The first-order valence-electron chi connectivity index (χ1n) is 6.86. The van der Waals surface area contributed by atoms with Crippen molar-refractivity contribution in [3.05, 3.63) is 41.4 Å². The molecule has 0 saturated heterocycles. The van der Waals surface area contributed by atoms with E-state index in [0.717, 1.165) is 5.56 Å². The predicted octanol–water partition coefficient (Wildman–Crippen LogP) is 2.91. The van der Waals surface area contributed by atoms with Crippen LogP contribution in [0.4, 0.5) is 0 Å². The van der Waals surface area contributed by atoms with Crippen LogP contribution >= 0.6 is 11.6 Å². The van der Waals surface area contributed by atoms with Crippen LogP contribution < -0.4 is 15.4 Å². The maximum absolute atomic E-state index is 11.6. The number of nitrogens with one attached hydrogen (secondary N) is 2. The largest absolute Gasteiger partial charge is 0.483 e. The molecule has 0 saturated carbocycles. The highest BCUT2D eigenvalue weighted by Crippen LogP contribution is 2.26. The molecular formula is C16H23ClN2O2. The van der Waals surface area contributed by atoms with Gasteiger partial charge in [-0.1, -0.05) is 23.7 Å². The molecule has 0 radical (unpaired) electrons. The Morgan fingerprint density at radius 3 is 2.76 bits per heavy atom. The number of carbonyl (C=O) groups excluding carboxylic acids is 1. The van der Waals surface area contributed by atoms with E-state index in [1.165, 1.54) is 0 Å². The molecule has 21 heavy (non-hydrogen) atoms. The zero-order valence-electron chi connectivity index (χ0n) is 12.8. The van der Waals surface area contributed by atoms with Gasteiger partial charge >= 0.3 is 0 Å². The fraction of sp³-hybridized carbons (Fsp3) is 0.438. The Hall–Kier alpha value is -1.52. The predicted molar refractivity (Wildman–Crippen MR) is 86.7 cm³/mol. The third-order valence-electron chi connectivity index (χ3n) is 2.67. The van der Waals surface area contributed by atoms with E-state index in [4.69, 9.17) is 16.3 Å². The molecule has 4 nitrogen and oxygen atoms in total. The lowest BCUT2D eigenvalue weighted by Crippen LogP contribution is -2.35. The van der Waals surface area contributed by atoms with Gasteiger partial charge in [-0.3, -0.25) is 4.79 Å². The average Bonchev–Trinajstić information content (AvgIpc) is 2.40. The molecule has 0 aliphatic rings. The molecule has 5 heteroatoms. The summed E-state index contributed by atoms with van der Waals surface area (Å²) in [5.41, 5.74) is 0.822. The minimum Gasteiger partial charge on any atom is -0.483 e. The van der Waals surface area contributed by atoms with Gasteiger partial charge in [0.05, 0.1) is 0 Å². The minimum absolute atomic E-state index is 0.0300. The zero-order chi connectivity index (χ0) is 15.9. The first-order valence-corrected chi connectivity index (χ1v) is 7.24. The summed E-state index contributed by atoms with van der Waals surface area (Å²) in [5.74, 6) is 0.428. The Labute approximate surface area is 131 Å². The van der Waals surface area contributed by atoms with E-state index >= 15 is 0 Å². The lowest BCUT2D eigenvalue weighted by molar-refractivity contribution is -0.122. The van der Waals surface area contributed by atoms with Crippen LogP contribution in [0.3, 0.4) is 0 Å². The average molecular weight is 311 g/mol. The van der Waals surface area contributed by atoms with Gasteiger partial charge in [0.1, 0.15) is 5.75 Å². The lowest BCUT2D eigenvalue weighted by atomic mass is 10.1. The van der Waals surface area contributed by atoms with Crippen LogP contribution in [-0.2, 0) is 11.3 Å². The molecule has 1 aromatic carbocycles. The van der Waals surface area contributed by atoms with E-state index < -0.39 is 0 Å². The van der Waals surface area contributed by atoms with Crippen molar-refractivity contribution in [1.29, 1.82) is 0 Å². The number of ether oxygens (including phenoxy) is 1. The third-order valence-corrected chi connectivity index (χ3v) is 3.03. The molecule has 1 aromatic rings. The normalized spacial score (nSPS) is 11.0. The van der Waals surface area contributed by atoms with E-state index in [9.17, 15) is 4.79 Å². The van der Waals surface area contributed by atoms with E-state index in [1.54, 1.807) is 12.1 Å². The zero-order valence-corrected chi connectivity index (χ0v) is 13.6. The number of rotatable bonds is 7. The Kier molecular flexibility index (Phi) is 6.72. The molecule has 0 aliphatic heterocycles. The van der Waals surface area contributed by atoms with Crippen molar-refractivity contribution in [1.82, 2.24) is 10.6 Å². The molecule has 2 N–H and O–H groups in total. The topological polar surface area (TPSA) is 50.4 Å². The van der Waals surface area contributed by atoms with Crippen LogP contribution in [0.5, 0.6) is 5.75 Å². The molecule has 0 aliphatic carbocycles. The van der Waals surface area contributed by atoms with Crippen LogP contribution in [0, 0.1) is 0 Å². The molecule has 116 valence electrons. The van der Waals surface area contributed by atoms with Gasteiger partial charge in [-0.05, 0) is 32.9 Å². The standard InChI is InChI=1S/C16H23ClN2O2/c1-5-9-18-15(20)11-21-14-8-6-7-13(17)12(14)10-19-16(2,3)4/h5-8,19H,1,9-11H2,2-4H3,(H,18,20). The monoisotopic (exact) mass is 310 g/mol. The molecule has 0 fully saturated rings. The number of benzene rings is 1. The maximum atomic E-state index is 11.6. The van der Waals surface area contributed by atoms with Gasteiger partial charge in [0.25, 0.3) is 5.91 Å². The van der Waals surface area contributed by atoms with E-state index in [-0.39, 0.29) is 18.1 Å². The second kappa shape index (κ2) is 8.05. The Balaban J connectivity index is 2.71. The summed E-state index contributed by atoms with van der Waals surface area (Å²) in [6.45, 7) is 10.7. The third kappa shape index (κ3) is 6.65. The van der Waals surface area contributed by atoms with Gasteiger partial charge in [0.15, 0.2) is 6.61 Å². The summed E-state index contributed by atoms with van der Waals surface area (Å²) in [6, 6.07) is 5.43. The van der Waals surface area contributed by atoms with Crippen molar-refractivity contribution < 1.29 is 9.53 Å². The molecule has 1 rings (SSSR count). The highest BCUT2D eigenvalue weighted by molar-refractivity contribution is 6.31. The van der Waals surface area contributed by atoms with Gasteiger partial charge in [-0.15, -0.1) is 6.58 Å². The van der Waals surface area contributed by atoms with Crippen LogP contribution in [-0.4, -0.2) is 24.6 Å². The summed E-state index contributed by atoms with van der Waals surface area (Å²) in [4.78, 5) is 11.6. The second-order valence-electron chi connectivity index (χ2n) is 5.70. The van der Waals surface area contributed by atoms with Crippen LogP contribution in [0.2, 0.25) is 5.02 Å². The van der Waals surface area contributed by atoms with Crippen LogP contribution in [0.25, 0.3) is 0 Å². The van der Waals surface area contributed by atoms with Gasteiger partial charge in [-0.25, -0.2) is 0 Å².